The van der Waals surface area contributed by atoms with Crippen LogP contribution in [0.4, 0.5) is 0 Å². The molecule has 1 saturated heterocycles. The molecule has 0 amide bonds. The van der Waals surface area contributed by atoms with Gasteiger partial charge in [0.05, 0.1) is 6.10 Å². The maximum atomic E-state index is 5.36. The Hall–Kier alpha value is -0.420. The quantitative estimate of drug-likeness (QED) is 0.784. The smallest absolute Gasteiger partial charge is 0.0710 e. The largest absolute Gasteiger partial charge is 0.380 e. The fourth-order valence-corrected chi connectivity index (χ4v) is 3.08. The molecule has 1 aliphatic heterocycles. The van der Waals surface area contributed by atoms with Crippen molar-refractivity contribution in [2.75, 3.05) is 33.3 Å². The van der Waals surface area contributed by atoms with E-state index in [1.807, 2.05) is 18.4 Å². The summed E-state index contributed by atoms with van der Waals surface area (Å²) >= 11 is 1.88. The second-order valence-electron chi connectivity index (χ2n) is 4.64. The van der Waals surface area contributed by atoms with E-state index in [-0.39, 0.29) is 0 Å². The molecule has 1 N–H and O–H groups in total. The Morgan fingerprint density at radius 2 is 2.41 bits per heavy atom. The van der Waals surface area contributed by atoms with Gasteiger partial charge in [0.15, 0.2) is 0 Å². The number of ether oxygens (including phenoxy) is 1. The molecule has 3 nitrogen and oxygen atoms in total. The van der Waals surface area contributed by atoms with Gasteiger partial charge in [-0.2, -0.15) is 0 Å². The summed E-state index contributed by atoms with van der Waals surface area (Å²) in [5.74, 6) is 0. The van der Waals surface area contributed by atoms with Crippen molar-refractivity contribution in [2.45, 2.75) is 26.0 Å². The maximum Gasteiger partial charge on any atom is 0.0710 e. The predicted molar refractivity (Wildman–Crippen MR) is 72.6 cm³/mol. The van der Waals surface area contributed by atoms with Crippen molar-refractivity contribution in [1.82, 2.24) is 10.2 Å². The van der Waals surface area contributed by atoms with Crippen molar-refractivity contribution in [2.24, 2.45) is 0 Å². The summed E-state index contributed by atoms with van der Waals surface area (Å²) in [6.45, 7) is 7.62. The van der Waals surface area contributed by atoms with Crippen molar-refractivity contribution in [3.8, 4) is 0 Å². The normalized spacial score (nSPS) is 21.2. The molecule has 0 spiro atoms. The molecule has 17 heavy (non-hydrogen) atoms. The lowest BCUT2D eigenvalue weighted by Gasteiger charge is -2.15. The van der Waals surface area contributed by atoms with E-state index < -0.39 is 0 Å². The lowest BCUT2D eigenvalue weighted by molar-refractivity contribution is 0.108. The molecule has 1 atom stereocenters. The first kappa shape index (κ1) is 13.0. The van der Waals surface area contributed by atoms with E-state index in [0.717, 1.165) is 26.2 Å². The molecule has 2 rings (SSSR count). The first-order chi connectivity index (χ1) is 8.28. The van der Waals surface area contributed by atoms with Crippen LogP contribution in [0.5, 0.6) is 0 Å². The Balaban J connectivity index is 1.57. The lowest BCUT2D eigenvalue weighted by atomic mass is 10.3. The standard InChI is InChI=1S/C13H22N2OS/c1-11-3-4-13(17-11)9-14-6-8-15-7-5-12(10-15)16-2/h3-4,12,14H,5-10H2,1-2H3. The van der Waals surface area contributed by atoms with E-state index in [4.69, 9.17) is 4.74 Å². The van der Waals surface area contributed by atoms with Gasteiger partial charge in [-0.25, -0.2) is 0 Å². The fraction of sp³-hybridized carbons (Fsp3) is 0.692. The molecule has 96 valence electrons. The summed E-state index contributed by atoms with van der Waals surface area (Å²) in [7, 11) is 1.81. The second kappa shape index (κ2) is 6.50. The molecular formula is C13H22N2OS. The molecule has 4 heteroatoms. The zero-order valence-corrected chi connectivity index (χ0v) is 11.6. The Morgan fingerprint density at radius 3 is 3.06 bits per heavy atom. The van der Waals surface area contributed by atoms with Gasteiger partial charge in [0, 0.05) is 49.6 Å². The first-order valence-electron chi connectivity index (χ1n) is 6.29. The van der Waals surface area contributed by atoms with Gasteiger partial charge in [-0.05, 0) is 25.5 Å². The fourth-order valence-electron chi connectivity index (χ4n) is 2.22. The van der Waals surface area contributed by atoms with E-state index in [9.17, 15) is 0 Å². The SMILES string of the molecule is COC1CCN(CCNCc2ccc(C)s2)C1. The lowest BCUT2D eigenvalue weighted by Crippen LogP contribution is -2.31. The van der Waals surface area contributed by atoms with E-state index in [1.165, 1.54) is 22.7 Å². The molecule has 0 radical (unpaired) electrons. The van der Waals surface area contributed by atoms with E-state index in [1.54, 1.807) is 0 Å². The van der Waals surface area contributed by atoms with Crippen LogP contribution in [0.3, 0.4) is 0 Å². The number of hydrogen-bond acceptors (Lipinski definition) is 4. The van der Waals surface area contributed by atoms with Gasteiger partial charge in [-0.3, -0.25) is 4.90 Å². The van der Waals surface area contributed by atoms with Crippen LogP contribution in [0.25, 0.3) is 0 Å². The number of hydrogen-bond donors (Lipinski definition) is 1. The molecule has 1 fully saturated rings. The highest BCUT2D eigenvalue weighted by molar-refractivity contribution is 7.11. The summed E-state index contributed by atoms with van der Waals surface area (Å²) in [4.78, 5) is 5.30. The predicted octanol–water partition coefficient (Wildman–Crippen LogP) is 1.87. The van der Waals surface area contributed by atoms with Gasteiger partial charge in [-0.1, -0.05) is 0 Å². The van der Waals surface area contributed by atoms with E-state index in [0.29, 0.717) is 6.10 Å². The van der Waals surface area contributed by atoms with Crippen LogP contribution in [0.15, 0.2) is 12.1 Å². The minimum atomic E-state index is 0.454. The highest BCUT2D eigenvalue weighted by Crippen LogP contribution is 2.14. The molecule has 1 unspecified atom stereocenters. The number of likely N-dealkylation sites (tertiary alicyclic amines) is 1. The molecule has 1 aromatic heterocycles. The summed E-state index contributed by atoms with van der Waals surface area (Å²) in [5.41, 5.74) is 0. The number of methoxy groups -OCH3 is 1. The van der Waals surface area contributed by atoms with Crippen LogP contribution in [-0.2, 0) is 11.3 Å². The van der Waals surface area contributed by atoms with Crippen LogP contribution in [-0.4, -0.2) is 44.3 Å². The van der Waals surface area contributed by atoms with Gasteiger partial charge in [0.2, 0.25) is 0 Å². The average Bonchev–Trinajstić information content (AvgIpc) is 2.93. The van der Waals surface area contributed by atoms with Crippen LogP contribution in [0.2, 0.25) is 0 Å². The number of thiophene rings is 1. The number of nitrogens with one attached hydrogen (secondary N) is 1. The number of aryl methyl sites for hydroxylation is 1. The van der Waals surface area contributed by atoms with E-state index >= 15 is 0 Å². The van der Waals surface area contributed by atoms with Crippen LogP contribution in [0.1, 0.15) is 16.2 Å². The van der Waals surface area contributed by atoms with Crippen molar-refractivity contribution in [3.05, 3.63) is 21.9 Å². The summed E-state index contributed by atoms with van der Waals surface area (Å²) in [5, 5.41) is 3.50. The van der Waals surface area contributed by atoms with Crippen LogP contribution >= 0.6 is 11.3 Å². The molecule has 2 heterocycles. The molecule has 0 saturated carbocycles. The molecule has 0 aliphatic carbocycles. The Bertz CT molecular complexity index is 340. The average molecular weight is 254 g/mol. The highest BCUT2D eigenvalue weighted by Gasteiger charge is 2.20. The third kappa shape index (κ3) is 4.07. The molecule has 1 aromatic rings. The van der Waals surface area contributed by atoms with Crippen molar-refractivity contribution in [3.63, 3.8) is 0 Å². The minimum Gasteiger partial charge on any atom is -0.380 e. The summed E-state index contributed by atoms with van der Waals surface area (Å²) in [6, 6.07) is 4.40. The van der Waals surface area contributed by atoms with Crippen molar-refractivity contribution >= 4 is 11.3 Å². The molecular weight excluding hydrogens is 232 g/mol. The topological polar surface area (TPSA) is 24.5 Å². The van der Waals surface area contributed by atoms with Crippen molar-refractivity contribution < 1.29 is 4.74 Å². The zero-order valence-electron chi connectivity index (χ0n) is 10.7. The Labute approximate surface area is 108 Å². The van der Waals surface area contributed by atoms with Crippen LogP contribution < -0.4 is 5.32 Å². The summed E-state index contributed by atoms with van der Waals surface area (Å²) < 4.78 is 5.36. The highest BCUT2D eigenvalue weighted by atomic mass is 32.1. The van der Waals surface area contributed by atoms with Gasteiger partial charge in [0.1, 0.15) is 0 Å². The number of nitrogens with zero attached hydrogens (tertiary/aromatic N) is 1. The molecule has 1 aliphatic rings. The van der Waals surface area contributed by atoms with Gasteiger partial charge in [0.25, 0.3) is 0 Å². The molecule has 0 bridgehead atoms. The second-order valence-corrected chi connectivity index (χ2v) is 6.01. The Kier molecular flexibility index (Phi) is 4.98. The van der Waals surface area contributed by atoms with Crippen molar-refractivity contribution in [1.29, 1.82) is 0 Å². The van der Waals surface area contributed by atoms with E-state index in [2.05, 4.69) is 29.3 Å². The third-order valence-corrected chi connectivity index (χ3v) is 4.26. The summed E-state index contributed by atoms with van der Waals surface area (Å²) in [6.07, 6.45) is 1.63. The third-order valence-electron chi connectivity index (χ3n) is 3.26. The monoisotopic (exact) mass is 254 g/mol. The Morgan fingerprint density at radius 1 is 1.53 bits per heavy atom. The van der Waals surface area contributed by atoms with Gasteiger partial charge in [-0.15, -0.1) is 11.3 Å². The van der Waals surface area contributed by atoms with Crippen LogP contribution in [0, 0.1) is 6.92 Å². The molecule has 0 aromatic carbocycles. The number of rotatable bonds is 6. The van der Waals surface area contributed by atoms with Gasteiger partial charge < -0.3 is 10.1 Å². The van der Waals surface area contributed by atoms with Gasteiger partial charge >= 0.3 is 0 Å². The maximum absolute atomic E-state index is 5.36. The zero-order chi connectivity index (χ0) is 12.1. The minimum absolute atomic E-state index is 0.454. The first-order valence-corrected chi connectivity index (χ1v) is 7.11.